The zero-order chi connectivity index (χ0) is 9.97. The van der Waals surface area contributed by atoms with Gasteiger partial charge in [0.05, 0.1) is 0 Å². The molecule has 0 amide bonds. The largest absolute Gasteiger partial charge is 0.373 e. The normalized spacial score (nSPS) is 30.9. The van der Waals surface area contributed by atoms with Crippen LogP contribution in [0.15, 0.2) is 36.0 Å². The van der Waals surface area contributed by atoms with E-state index in [-0.39, 0.29) is 11.9 Å². The van der Waals surface area contributed by atoms with E-state index in [0.717, 1.165) is 18.4 Å². The van der Waals surface area contributed by atoms with E-state index in [0.29, 0.717) is 5.92 Å². The molecule has 0 heterocycles. The van der Waals surface area contributed by atoms with Crippen molar-refractivity contribution >= 4 is 5.78 Å². The maximum absolute atomic E-state index is 11.9. The van der Waals surface area contributed by atoms with Crippen LogP contribution in [0.1, 0.15) is 12.8 Å². The molecule has 2 heteroatoms. The van der Waals surface area contributed by atoms with Gasteiger partial charge in [-0.05, 0) is 12.8 Å². The Bertz CT molecular complexity index is 323. The van der Waals surface area contributed by atoms with Gasteiger partial charge in [-0.1, -0.05) is 30.4 Å². The smallest absolute Gasteiger partial charge is 0.188 e. The van der Waals surface area contributed by atoms with E-state index in [4.69, 9.17) is 4.74 Å². The minimum Gasteiger partial charge on any atom is -0.373 e. The monoisotopic (exact) mass is 190 g/mol. The molecule has 2 atom stereocenters. The van der Waals surface area contributed by atoms with Crippen molar-refractivity contribution in [2.75, 3.05) is 7.11 Å². The summed E-state index contributed by atoms with van der Waals surface area (Å²) in [5.74, 6) is 0.448. The minimum atomic E-state index is -0.225. The van der Waals surface area contributed by atoms with Crippen molar-refractivity contribution in [3.8, 4) is 0 Å². The second-order valence-corrected chi connectivity index (χ2v) is 3.66. The summed E-state index contributed by atoms with van der Waals surface area (Å²) in [7, 11) is 1.60. The molecule has 0 aromatic heterocycles. The Hall–Kier alpha value is -1.15. The molecule has 0 spiro atoms. The van der Waals surface area contributed by atoms with Gasteiger partial charge in [-0.3, -0.25) is 4.79 Å². The van der Waals surface area contributed by atoms with Crippen LogP contribution < -0.4 is 0 Å². The minimum absolute atomic E-state index is 0.153. The Labute approximate surface area is 83.9 Å². The van der Waals surface area contributed by atoms with E-state index >= 15 is 0 Å². The first-order valence-corrected chi connectivity index (χ1v) is 4.95. The van der Waals surface area contributed by atoms with E-state index in [9.17, 15) is 4.79 Å². The summed E-state index contributed by atoms with van der Waals surface area (Å²) in [6.07, 6.45) is 11.5. The van der Waals surface area contributed by atoms with Gasteiger partial charge in [0.25, 0.3) is 0 Å². The molecule has 0 aromatic carbocycles. The summed E-state index contributed by atoms with van der Waals surface area (Å²) in [6.45, 7) is 0. The molecule has 2 aliphatic carbocycles. The van der Waals surface area contributed by atoms with Crippen LogP contribution in [-0.2, 0) is 9.53 Å². The first-order chi connectivity index (χ1) is 6.83. The third kappa shape index (κ3) is 1.58. The highest BCUT2D eigenvalue weighted by Crippen LogP contribution is 2.30. The topological polar surface area (TPSA) is 26.3 Å². The number of hydrogen-bond acceptors (Lipinski definition) is 2. The first kappa shape index (κ1) is 9.41. The standard InChI is InChI=1S/C12H14O2/c1-14-11-8-7-9-5-3-2-4-6-10(9)12(11)13/h2-6,9,11H,7-8H2,1H3. The van der Waals surface area contributed by atoms with E-state index in [1.54, 1.807) is 7.11 Å². The van der Waals surface area contributed by atoms with Crippen molar-refractivity contribution in [2.45, 2.75) is 18.9 Å². The second-order valence-electron chi connectivity index (χ2n) is 3.66. The van der Waals surface area contributed by atoms with E-state index in [1.165, 1.54) is 0 Å². The quantitative estimate of drug-likeness (QED) is 0.632. The fourth-order valence-electron chi connectivity index (χ4n) is 2.04. The number of Topliss-reactive ketones (excluding diaryl/α,β-unsaturated/α-hetero) is 1. The molecular formula is C12H14O2. The lowest BCUT2D eigenvalue weighted by Crippen LogP contribution is -2.32. The van der Waals surface area contributed by atoms with Gasteiger partial charge in [-0.2, -0.15) is 0 Å². The first-order valence-electron chi connectivity index (χ1n) is 4.95. The Morgan fingerprint density at radius 3 is 2.93 bits per heavy atom. The van der Waals surface area contributed by atoms with Crippen LogP contribution in [0.4, 0.5) is 0 Å². The van der Waals surface area contributed by atoms with Crippen molar-refractivity contribution in [1.82, 2.24) is 0 Å². The number of methoxy groups -OCH3 is 1. The number of ketones is 1. The predicted octanol–water partition coefficient (Wildman–Crippen LogP) is 2.03. The fraction of sp³-hybridized carbons (Fsp3) is 0.417. The molecule has 0 N–H and O–H groups in total. The lowest BCUT2D eigenvalue weighted by atomic mass is 9.81. The van der Waals surface area contributed by atoms with Gasteiger partial charge in [0.15, 0.2) is 5.78 Å². The van der Waals surface area contributed by atoms with Crippen LogP contribution in [0.5, 0.6) is 0 Å². The van der Waals surface area contributed by atoms with Gasteiger partial charge < -0.3 is 4.74 Å². The van der Waals surface area contributed by atoms with Crippen LogP contribution in [0.2, 0.25) is 0 Å². The number of fused-ring (bicyclic) bond motifs is 1. The summed E-state index contributed by atoms with van der Waals surface area (Å²) in [4.78, 5) is 11.9. The average molecular weight is 190 g/mol. The third-order valence-electron chi connectivity index (χ3n) is 2.84. The molecule has 14 heavy (non-hydrogen) atoms. The van der Waals surface area contributed by atoms with Crippen molar-refractivity contribution in [2.24, 2.45) is 5.92 Å². The molecule has 2 unspecified atom stereocenters. The molecule has 2 nitrogen and oxygen atoms in total. The highest BCUT2D eigenvalue weighted by molar-refractivity contribution is 6.00. The molecule has 1 fully saturated rings. The Morgan fingerprint density at radius 2 is 2.14 bits per heavy atom. The molecule has 0 aromatic rings. The van der Waals surface area contributed by atoms with Crippen LogP contribution >= 0.6 is 0 Å². The zero-order valence-electron chi connectivity index (χ0n) is 8.27. The van der Waals surface area contributed by atoms with E-state index in [1.807, 2.05) is 24.3 Å². The Kier molecular flexibility index (Phi) is 2.64. The number of allylic oxidation sites excluding steroid dienone is 5. The SMILES string of the molecule is COC1CCC2C=CC=CC=C2C1=O. The van der Waals surface area contributed by atoms with Crippen LogP contribution in [0.3, 0.4) is 0 Å². The lowest BCUT2D eigenvalue weighted by Gasteiger charge is -2.26. The van der Waals surface area contributed by atoms with Crippen LogP contribution in [0.25, 0.3) is 0 Å². The van der Waals surface area contributed by atoms with E-state index in [2.05, 4.69) is 6.08 Å². The number of rotatable bonds is 1. The summed E-state index contributed by atoms with van der Waals surface area (Å²) in [6, 6.07) is 0. The van der Waals surface area contributed by atoms with E-state index < -0.39 is 0 Å². The maximum atomic E-state index is 11.9. The highest BCUT2D eigenvalue weighted by Gasteiger charge is 2.31. The molecule has 2 rings (SSSR count). The average Bonchev–Trinajstić information content (AvgIpc) is 2.44. The predicted molar refractivity (Wildman–Crippen MR) is 54.9 cm³/mol. The van der Waals surface area contributed by atoms with Gasteiger partial charge in [-0.25, -0.2) is 0 Å². The number of ether oxygens (including phenoxy) is 1. The van der Waals surface area contributed by atoms with Gasteiger partial charge in [0, 0.05) is 18.6 Å². The van der Waals surface area contributed by atoms with Crippen molar-refractivity contribution in [1.29, 1.82) is 0 Å². The van der Waals surface area contributed by atoms with Crippen LogP contribution in [-0.4, -0.2) is 19.0 Å². The maximum Gasteiger partial charge on any atom is 0.188 e. The molecule has 0 aliphatic heterocycles. The zero-order valence-corrected chi connectivity index (χ0v) is 8.27. The Morgan fingerprint density at radius 1 is 1.29 bits per heavy atom. The summed E-state index contributed by atoms with van der Waals surface area (Å²) >= 11 is 0. The van der Waals surface area contributed by atoms with Crippen molar-refractivity contribution in [3.63, 3.8) is 0 Å². The molecule has 2 aliphatic rings. The summed E-state index contributed by atoms with van der Waals surface area (Å²) in [5.41, 5.74) is 0.896. The van der Waals surface area contributed by atoms with Crippen molar-refractivity contribution in [3.05, 3.63) is 36.0 Å². The molecule has 0 saturated heterocycles. The number of carbonyl (C=O) groups is 1. The van der Waals surface area contributed by atoms with Crippen LogP contribution in [0, 0.1) is 5.92 Å². The third-order valence-corrected chi connectivity index (χ3v) is 2.84. The second kappa shape index (κ2) is 3.93. The molecule has 74 valence electrons. The summed E-state index contributed by atoms with van der Waals surface area (Å²) < 4.78 is 5.15. The molecule has 0 bridgehead atoms. The number of carbonyl (C=O) groups excluding carboxylic acids is 1. The molecular weight excluding hydrogens is 176 g/mol. The molecule has 0 radical (unpaired) electrons. The molecule has 1 saturated carbocycles. The fourth-order valence-corrected chi connectivity index (χ4v) is 2.04. The lowest BCUT2D eigenvalue weighted by molar-refractivity contribution is -0.127. The Balaban J connectivity index is 2.27. The van der Waals surface area contributed by atoms with Gasteiger partial charge >= 0.3 is 0 Å². The van der Waals surface area contributed by atoms with Gasteiger partial charge in [0.2, 0.25) is 0 Å². The highest BCUT2D eigenvalue weighted by atomic mass is 16.5. The van der Waals surface area contributed by atoms with Crippen molar-refractivity contribution < 1.29 is 9.53 Å². The number of hydrogen-bond donors (Lipinski definition) is 0. The van der Waals surface area contributed by atoms with Gasteiger partial charge in [-0.15, -0.1) is 0 Å². The van der Waals surface area contributed by atoms with Gasteiger partial charge in [0.1, 0.15) is 6.10 Å². The summed E-state index contributed by atoms with van der Waals surface area (Å²) in [5, 5.41) is 0.